The van der Waals surface area contributed by atoms with E-state index < -0.39 is 0 Å². The fourth-order valence-electron chi connectivity index (χ4n) is 1.43. The molecule has 0 aliphatic rings. The lowest BCUT2D eigenvalue weighted by Gasteiger charge is -2.10. The molecule has 19 heavy (non-hydrogen) atoms. The van der Waals surface area contributed by atoms with Crippen LogP contribution in [0.2, 0.25) is 0 Å². The summed E-state index contributed by atoms with van der Waals surface area (Å²) in [6.45, 7) is 8.48. The van der Waals surface area contributed by atoms with Gasteiger partial charge in [-0.2, -0.15) is 4.98 Å². The number of nitrogens with one attached hydrogen (secondary N) is 2. The molecule has 0 bridgehead atoms. The van der Waals surface area contributed by atoms with Crippen molar-refractivity contribution in [1.82, 2.24) is 15.3 Å². The molecule has 0 unspecified atom stereocenters. The average molecular weight is 266 g/mol. The lowest BCUT2D eigenvalue weighted by atomic mass is 10.4. The lowest BCUT2D eigenvalue weighted by molar-refractivity contribution is -0.119. The van der Waals surface area contributed by atoms with Gasteiger partial charge in [0.05, 0.1) is 13.2 Å². The summed E-state index contributed by atoms with van der Waals surface area (Å²) in [5.41, 5.74) is 0.799. The Kier molecular flexibility index (Phi) is 6.05. The summed E-state index contributed by atoms with van der Waals surface area (Å²) in [5, 5.41) is 5.68. The quantitative estimate of drug-likeness (QED) is 0.782. The van der Waals surface area contributed by atoms with Crippen molar-refractivity contribution in [1.29, 1.82) is 0 Å². The summed E-state index contributed by atoms with van der Waals surface area (Å²) in [7, 11) is 0. The van der Waals surface area contributed by atoms with E-state index in [1.165, 1.54) is 0 Å². The van der Waals surface area contributed by atoms with Gasteiger partial charge in [-0.25, -0.2) is 4.98 Å². The zero-order valence-corrected chi connectivity index (χ0v) is 12.0. The van der Waals surface area contributed by atoms with E-state index in [0.29, 0.717) is 18.4 Å². The highest BCUT2D eigenvalue weighted by Gasteiger charge is 2.06. The number of anilines is 1. The van der Waals surface area contributed by atoms with E-state index in [9.17, 15) is 4.79 Å². The summed E-state index contributed by atoms with van der Waals surface area (Å²) in [4.78, 5) is 19.9. The summed E-state index contributed by atoms with van der Waals surface area (Å²) in [5.74, 6) is 0.849. The second kappa shape index (κ2) is 7.56. The number of aryl methyl sites for hydroxylation is 1. The third kappa shape index (κ3) is 6.03. The Bertz CT molecular complexity index is 421. The van der Waals surface area contributed by atoms with Crippen LogP contribution in [0.5, 0.6) is 5.88 Å². The van der Waals surface area contributed by atoms with Crippen LogP contribution in [0.3, 0.4) is 0 Å². The van der Waals surface area contributed by atoms with Gasteiger partial charge in [-0.15, -0.1) is 0 Å². The topological polar surface area (TPSA) is 76.1 Å². The maximum absolute atomic E-state index is 11.5. The maximum Gasteiger partial charge on any atom is 0.239 e. The molecule has 0 aromatic carbocycles. The van der Waals surface area contributed by atoms with Gasteiger partial charge in [0.1, 0.15) is 0 Å². The van der Waals surface area contributed by atoms with E-state index in [1.807, 2.05) is 27.7 Å². The third-order valence-corrected chi connectivity index (χ3v) is 2.14. The first-order valence-corrected chi connectivity index (χ1v) is 6.53. The van der Waals surface area contributed by atoms with Crippen LogP contribution in [0.4, 0.5) is 5.95 Å². The van der Waals surface area contributed by atoms with Gasteiger partial charge in [-0.1, -0.05) is 6.92 Å². The number of hydrogen-bond donors (Lipinski definition) is 2. The van der Waals surface area contributed by atoms with Crippen molar-refractivity contribution in [3.05, 3.63) is 11.8 Å². The highest BCUT2D eigenvalue weighted by Crippen LogP contribution is 2.11. The summed E-state index contributed by atoms with van der Waals surface area (Å²) in [6, 6.07) is 1.89. The monoisotopic (exact) mass is 266 g/mol. The van der Waals surface area contributed by atoms with Crippen molar-refractivity contribution in [3.8, 4) is 5.88 Å². The first kappa shape index (κ1) is 15.2. The molecule has 106 valence electrons. The second-order valence-electron chi connectivity index (χ2n) is 4.60. The first-order valence-electron chi connectivity index (χ1n) is 6.53. The minimum atomic E-state index is -0.0869. The molecule has 6 nitrogen and oxygen atoms in total. The zero-order chi connectivity index (χ0) is 14.3. The molecular weight excluding hydrogens is 244 g/mol. The van der Waals surface area contributed by atoms with Crippen LogP contribution in [0.25, 0.3) is 0 Å². The van der Waals surface area contributed by atoms with Gasteiger partial charge in [-0.05, 0) is 27.2 Å². The predicted octanol–water partition coefficient (Wildman–Crippen LogP) is 1.51. The minimum absolute atomic E-state index is 0.0869. The Morgan fingerprint density at radius 3 is 2.79 bits per heavy atom. The van der Waals surface area contributed by atoms with Gasteiger partial charge in [0.2, 0.25) is 17.7 Å². The van der Waals surface area contributed by atoms with E-state index in [1.54, 1.807) is 6.07 Å². The molecule has 1 aromatic heterocycles. The number of carbonyl (C=O) groups is 1. The van der Waals surface area contributed by atoms with Crippen molar-refractivity contribution < 1.29 is 9.53 Å². The van der Waals surface area contributed by atoms with Crippen LogP contribution in [-0.4, -0.2) is 35.1 Å². The molecule has 1 rings (SSSR count). The van der Waals surface area contributed by atoms with E-state index in [2.05, 4.69) is 20.6 Å². The Morgan fingerprint density at radius 2 is 2.16 bits per heavy atom. The minimum Gasteiger partial charge on any atom is -0.478 e. The number of ether oxygens (including phenoxy) is 1. The van der Waals surface area contributed by atoms with Crippen molar-refractivity contribution in [2.24, 2.45) is 0 Å². The van der Waals surface area contributed by atoms with Crippen LogP contribution >= 0.6 is 0 Å². The molecule has 1 aromatic rings. The number of hydrogen-bond acceptors (Lipinski definition) is 5. The fraction of sp³-hybridized carbons (Fsp3) is 0.615. The van der Waals surface area contributed by atoms with Crippen molar-refractivity contribution >= 4 is 11.9 Å². The molecule has 0 radical (unpaired) electrons. The van der Waals surface area contributed by atoms with Gasteiger partial charge < -0.3 is 15.4 Å². The molecule has 0 saturated heterocycles. The molecule has 1 amide bonds. The van der Waals surface area contributed by atoms with Crippen LogP contribution in [0.15, 0.2) is 6.07 Å². The third-order valence-electron chi connectivity index (χ3n) is 2.14. The van der Waals surface area contributed by atoms with Crippen molar-refractivity contribution in [2.45, 2.75) is 40.2 Å². The number of carbonyl (C=O) groups excluding carboxylic acids is 1. The SMILES string of the molecule is CCCOc1cc(C)nc(NCC(=O)NC(C)C)n1. The van der Waals surface area contributed by atoms with Gasteiger partial charge in [0.15, 0.2) is 0 Å². The van der Waals surface area contributed by atoms with E-state index in [0.717, 1.165) is 12.1 Å². The van der Waals surface area contributed by atoms with Crippen LogP contribution in [0.1, 0.15) is 32.9 Å². The van der Waals surface area contributed by atoms with Crippen molar-refractivity contribution in [3.63, 3.8) is 0 Å². The van der Waals surface area contributed by atoms with Crippen LogP contribution in [0, 0.1) is 6.92 Å². The standard InChI is InChI=1S/C13H22N4O2/c1-5-6-19-12-7-10(4)16-13(17-12)14-8-11(18)15-9(2)3/h7,9H,5-6,8H2,1-4H3,(H,15,18)(H,14,16,17). The smallest absolute Gasteiger partial charge is 0.239 e. The fourth-order valence-corrected chi connectivity index (χ4v) is 1.43. The van der Waals surface area contributed by atoms with E-state index in [-0.39, 0.29) is 18.5 Å². The van der Waals surface area contributed by atoms with Gasteiger partial charge in [0, 0.05) is 17.8 Å². The van der Waals surface area contributed by atoms with Crippen molar-refractivity contribution in [2.75, 3.05) is 18.5 Å². The van der Waals surface area contributed by atoms with Gasteiger partial charge in [-0.3, -0.25) is 4.79 Å². The number of rotatable bonds is 7. The molecule has 0 spiro atoms. The summed E-state index contributed by atoms with van der Waals surface area (Å²) in [6.07, 6.45) is 0.919. The predicted molar refractivity (Wildman–Crippen MR) is 74.3 cm³/mol. The van der Waals surface area contributed by atoms with E-state index in [4.69, 9.17) is 4.74 Å². The molecule has 0 fully saturated rings. The maximum atomic E-state index is 11.5. The summed E-state index contributed by atoms with van der Waals surface area (Å²) >= 11 is 0. The highest BCUT2D eigenvalue weighted by atomic mass is 16.5. The zero-order valence-electron chi connectivity index (χ0n) is 12.0. The Balaban J connectivity index is 2.57. The number of nitrogens with zero attached hydrogens (tertiary/aromatic N) is 2. The Hall–Kier alpha value is -1.85. The number of aromatic nitrogens is 2. The molecule has 0 aliphatic carbocycles. The first-order chi connectivity index (χ1) is 9.01. The Labute approximate surface area is 114 Å². The van der Waals surface area contributed by atoms with Crippen LogP contribution in [-0.2, 0) is 4.79 Å². The molecule has 0 atom stereocenters. The highest BCUT2D eigenvalue weighted by molar-refractivity contribution is 5.80. The second-order valence-corrected chi connectivity index (χ2v) is 4.60. The lowest BCUT2D eigenvalue weighted by Crippen LogP contribution is -2.35. The largest absolute Gasteiger partial charge is 0.478 e. The van der Waals surface area contributed by atoms with Gasteiger partial charge >= 0.3 is 0 Å². The molecule has 0 aliphatic heterocycles. The van der Waals surface area contributed by atoms with Crippen LogP contribution < -0.4 is 15.4 Å². The molecule has 6 heteroatoms. The summed E-state index contributed by atoms with van der Waals surface area (Å²) < 4.78 is 5.46. The van der Waals surface area contributed by atoms with E-state index >= 15 is 0 Å². The average Bonchev–Trinajstić information content (AvgIpc) is 2.32. The molecule has 0 saturated carbocycles. The number of amides is 1. The normalized spacial score (nSPS) is 10.4. The molecule has 2 N–H and O–H groups in total. The molecule has 1 heterocycles. The molecular formula is C13H22N4O2. The Morgan fingerprint density at radius 1 is 1.42 bits per heavy atom. The van der Waals surface area contributed by atoms with Gasteiger partial charge in [0.25, 0.3) is 0 Å².